The van der Waals surface area contributed by atoms with Crippen LogP contribution in [0.25, 0.3) is 0 Å². The normalized spacial score (nSPS) is 12.1. The minimum absolute atomic E-state index is 0.144. The van der Waals surface area contributed by atoms with E-state index in [2.05, 4.69) is 5.32 Å². The molecule has 0 radical (unpaired) electrons. The summed E-state index contributed by atoms with van der Waals surface area (Å²) in [7, 11) is 0. The Bertz CT molecular complexity index is 506. The van der Waals surface area contributed by atoms with Crippen molar-refractivity contribution >= 4 is 5.91 Å². The molecule has 0 saturated heterocycles. The van der Waals surface area contributed by atoms with Crippen molar-refractivity contribution in [3.63, 3.8) is 0 Å². The molecule has 0 aliphatic carbocycles. The molecule has 0 aliphatic rings. The lowest BCUT2D eigenvalue weighted by molar-refractivity contribution is 0.0929. The van der Waals surface area contributed by atoms with Crippen molar-refractivity contribution in [2.45, 2.75) is 26.8 Å². The van der Waals surface area contributed by atoms with Gasteiger partial charge < -0.3 is 5.32 Å². The highest BCUT2D eigenvalue weighted by Crippen LogP contribution is 2.16. The molecule has 0 saturated carbocycles. The summed E-state index contributed by atoms with van der Waals surface area (Å²) in [6.45, 7) is 4.91. The van der Waals surface area contributed by atoms with Crippen molar-refractivity contribution in [2.24, 2.45) is 5.92 Å². The number of nitriles is 1. The smallest absolute Gasteiger partial charge is 0.258 e. The molecule has 1 atom stereocenters. The van der Waals surface area contributed by atoms with E-state index < -0.39 is 29.1 Å². The van der Waals surface area contributed by atoms with Gasteiger partial charge in [0.05, 0.1) is 6.07 Å². The number of hydrogen-bond donors (Lipinski definition) is 1. The number of carbonyl (C=O) groups excluding carboxylic acids is 1. The van der Waals surface area contributed by atoms with Crippen molar-refractivity contribution in [2.75, 3.05) is 0 Å². The number of hydrogen-bond acceptors (Lipinski definition) is 2. The van der Waals surface area contributed by atoms with Crippen molar-refractivity contribution < 1.29 is 13.6 Å². The molecule has 96 valence electrons. The highest BCUT2D eigenvalue weighted by atomic mass is 19.1. The fourth-order valence-electron chi connectivity index (χ4n) is 1.43. The van der Waals surface area contributed by atoms with Gasteiger partial charge in [-0.05, 0) is 24.5 Å². The second-order valence-corrected chi connectivity index (χ2v) is 4.38. The minimum Gasteiger partial charge on any atom is -0.336 e. The monoisotopic (exact) mass is 252 g/mol. The maximum absolute atomic E-state index is 13.7. The Morgan fingerprint density at radius 1 is 1.39 bits per heavy atom. The minimum atomic E-state index is -0.934. The molecule has 1 N–H and O–H groups in total. The van der Waals surface area contributed by atoms with Crippen LogP contribution in [0, 0.1) is 35.8 Å². The van der Waals surface area contributed by atoms with Crippen molar-refractivity contribution in [1.29, 1.82) is 5.26 Å². The van der Waals surface area contributed by atoms with Gasteiger partial charge in [-0.3, -0.25) is 4.79 Å². The van der Waals surface area contributed by atoms with E-state index >= 15 is 0 Å². The predicted molar refractivity (Wildman–Crippen MR) is 62.8 cm³/mol. The SMILES string of the molecule is Cc1ccc(F)c(C(=O)NC(C#N)C(C)C)c1F. The highest BCUT2D eigenvalue weighted by molar-refractivity contribution is 5.95. The second-order valence-electron chi connectivity index (χ2n) is 4.38. The molecule has 5 heteroatoms. The van der Waals surface area contributed by atoms with Gasteiger partial charge in [0.2, 0.25) is 0 Å². The second kappa shape index (κ2) is 5.58. The largest absolute Gasteiger partial charge is 0.336 e. The number of benzene rings is 1. The van der Waals surface area contributed by atoms with Gasteiger partial charge in [-0.1, -0.05) is 19.9 Å². The van der Waals surface area contributed by atoms with Crippen LogP contribution in [0.2, 0.25) is 0 Å². The average Bonchev–Trinajstić information content (AvgIpc) is 2.31. The van der Waals surface area contributed by atoms with Crippen LogP contribution in [0.1, 0.15) is 29.8 Å². The van der Waals surface area contributed by atoms with Gasteiger partial charge in [0.1, 0.15) is 23.2 Å². The third-order valence-corrected chi connectivity index (χ3v) is 2.60. The van der Waals surface area contributed by atoms with Gasteiger partial charge in [-0.25, -0.2) is 8.78 Å². The van der Waals surface area contributed by atoms with E-state index in [4.69, 9.17) is 5.26 Å². The lowest BCUT2D eigenvalue weighted by Crippen LogP contribution is -2.38. The number of amides is 1. The first-order valence-corrected chi connectivity index (χ1v) is 5.53. The van der Waals surface area contributed by atoms with Crippen LogP contribution in [-0.2, 0) is 0 Å². The number of nitrogens with one attached hydrogen (secondary N) is 1. The van der Waals surface area contributed by atoms with E-state index in [-0.39, 0.29) is 11.5 Å². The number of nitrogens with zero attached hydrogens (tertiary/aromatic N) is 1. The molecule has 1 rings (SSSR count). The summed E-state index contributed by atoms with van der Waals surface area (Å²) >= 11 is 0. The Labute approximate surface area is 104 Å². The van der Waals surface area contributed by atoms with Crippen LogP contribution in [0.5, 0.6) is 0 Å². The van der Waals surface area contributed by atoms with E-state index in [9.17, 15) is 13.6 Å². The van der Waals surface area contributed by atoms with E-state index in [1.165, 1.54) is 13.0 Å². The Hall–Kier alpha value is -1.96. The Morgan fingerprint density at radius 3 is 2.50 bits per heavy atom. The molecular weight excluding hydrogens is 238 g/mol. The zero-order valence-corrected chi connectivity index (χ0v) is 10.4. The molecule has 1 aromatic carbocycles. The highest BCUT2D eigenvalue weighted by Gasteiger charge is 2.22. The molecule has 0 spiro atoms. The molecule has 0 fully saturated rings. The van der Waals surface area contributed by atoms with Crippen LogP contribution in [0.3, 0.4) is 0 Å². The van der Waals surface area contributed by atoms with Gasteiger partial charge in [-0.15, -0.1) is 0 Å². The predicted octanol–water partition coefficient (Wildman–Crippen LogP) is 2.55. The zero-order chi connectivity index (χ0) is 13.9. The van der Waals surface area contributed by atoms with E-state index in [1.54, 1.807) is 13.8 Å². The Balaban J connectivity index is 3.06. The fraction of sp³-hybridized carbons (Fsp3) is 0.385. The Morgan fingerprint density at radius 2 is 2.00 bits per heavy atom. The quantitative estimate of drug-likeness (QED) is 0.898. The first kappa shape index (κ1) is 14.1. The van der Waals surface area contributed by atoms with Crippen LogP contribution >= 0.6 is 0 Å². The number of halogens is 2. The Kier molecular flexibility index (Phi) is 4.38. The van der Waals surface area contributed by atoms with Gasteiger partial charge in [0.25, 0.3) is 5.91 Å². The molecular formula is C13H14F2N2O. The summed E-state index contributed by atoms with van der Waals surface area (Å²) in [5.74, 6) is -2.88. The summed E-state index contributed by atoms with van der Waals surface area (Å²) < 4.78 is 27.1. The summed E-state index contributed by atoms with van der Waals surface area (Å²) in [6.07, 6.45) is 0. The first-order chi connectivity index (χ1) is 8.38. The summed E-state index contributed by atoms with van der Waals surface area (Å²) in [5, 5.41) is 11.1. The maximum Gasteiger partial charge on any atom is 0.258 e. The zero-order valence-electron chi connectivity index (χ0n) is 10.4. The van der Waals surface area contributed by atoms with E-state index in [0.717, 1.165) is 6.07 Å². The van der Waals surface area contributed by atoms with Gasteiger partial charge in [0, 0.05) is 0 Å². The van der Waals surface area contributed by atoms with Crippen molar-refractivity contribution in [1.82, 2.24) is 5.32 Å². The van der Waals surface area contributed by atoms with Gasteiger partial charge in [0.15, 0.2) is 0 Å². The number of rotatable bonds is 3. The lowest BCUT2D eigenvalue weighted by atomic mass is 10.0. The first-order valence-electron chi connectivity index (χ1n) is 5.53. The van der Waals surface area contributed by atoms with E-state index in [1.807, 2.05) is 6.07 Å². The molecule has 0 aliphatic heterocycles. The maximum atomic E-state index is 13.7. The average molecular weight is 252 g/mol. The number of aryl methyl sites for hydroxylation is 1. The molecule has 0 aromatic heterocycles. The molecule has 18 heavy (non-hydrogen) atoms. The van der Waals surface area contributed by atoms with Crippen molar-refractivity contribution in [3.05, 3.63) is 34.9 Å². The van der Waals surface area contributed by atoms with Crippen LogP contribution in [0.4, 0.5) is 8.78 Å². The topological polar surface area (TPSA) is 52.9 Å². The standard InChI is InChI=1S/C13H14F2N2O/c1-7(2)10(6-16)17-13(18)11-9(14)5-4-8(3)12(11)15/h4-5,7,10H,1-3H3,(H,17,18). The molecule has 1 amide bonds. The van der Waals surface area contributed by atoms with Gasteiger partial charge in [-0.2, -0.15) is 5.26 Å². The van der Waals surface area contributed by atoms with Gasteiger partial charge >= 0.3 is 0 Å². The lowest BCUT2D eigenvalue weighted by Gasteiger charge is -2.15. The number of carbonyl (C=O) groups is 1. The molecule has 3 nitrogen and oxygen atoms in total. The summed E-state index contributed by atoms with van der Waals surface area (Å²) in [4.78, 5) is 11.8. The van der Waals surface area contributed by atoms with Crippen molar-refractivity contribution in [3.8, 4) is 6.07 Å². The van der Waals surface area contributed by atoms with E-state index in [0.29, 0.717) is 0 Å². The van der Waals surface area contributed by atoms with Crippen LogP contribution in [-0.4, -0.2) is 11.9 Å². The molecule has 1 unspecified atom stereocenters. The third kappa shape index (κ3) is 2.83. The van der Waals surface area contributed by atoms with Crippen LogP contribution in [0.15, 0.2) is 12.1 Å². The molecule has 0 heterocycles. The third-order valence-electron chi connectivity index (χ3n) is 2.60. The summed E-state index contributed by atoms with van der Waals surface area (Å²) in [5.41, 5.74) is -0.462. The molecule has 1 aromatic rings. The fourth-order valence-corrected chi connectivity index (χ4v) is 1.43. The van der Waals surface area contributed by atoms with Crippen LogP contribution < -0.4 is 5.32 Å². The summed E-state index contributed by atoms with van der Waals surface area (Å²) in [6, 6.07) is 3.39. The molecule has 0 bridgehead atoms.